The molecular formula is C18H32O5. The summed E-state index contributed by atoms with van der Waals surface area (Å²) in [5, 5.41) is 8.52. The highest BCUT2D eigenvalue weighted by Crippen LogP contribution is 2.11. The van der Waals surface area contributed by atoms with Gasteiger partial charge in [-0.2, -0.15) is 0 Å². The van der Waals surface area contributed by atoms with Crippen LogP contribution in [0.2, 0.25) is 0 Å². The summed E-state index contributed by atoms with van der Waals surface area (Å²) in [6.45, 7) is 2.36. The molecule has 0 rings (SSSR count). The maximum absolute atomic E-state index is 10.9. The molecule has 0 saturated carbocycles. The molecule has 0 aromatic carbocycles. The van der Waals surface area contributed by atoms with E-state index >= 15 is 0 Å². The molecule has 1 N–H and O–H groups in total. The van der Waals surface area contributed by atoms with Crippen LogP contribution < -0.4 is 0 Å². The first-order valence-corrected chi connectivity index (χ1v) is 8.83. The summed E-state index contributed by atoms with van der Waals surface area (Å²) in [6.07, 6.45) is 15.0. The van der Waals surface area contributed by atoms with Crippen molar-refractivity contribution in [3.05, 3.63) is 12.2 Å². The second kappa shape index (κ2) is 16.8. The van der Waals surface area contributed by atoms with E-state index in [-0.39, 0.29) is 6.61 Å². The van der Waals surface area contributed by atoms with Gasteiger partial charge in [0, 0.05) is 6.42 Å². The van der Waals surface area contributed by atoms with E-state index in [1.54, 1.807) is 6.92 Å². The Labute approximate surface area is 140 Å². The Hall–Kier alpha value is -1.52. The lowest BCUT2D eigenvalue weighted by Crippen LogP contribution is -2.06. The average Bonchev–Trinajstić information content (AvgIpc) is 2.51. The average molecular weight is 328 g/mol. The van der Waals surface area contributed by atoms with Crippen molar-refractivity contribution in [3.63, 3.8) is 0 Å². The van der Waals surface area contributed by atoms with Crippen LogP contribution in [0.5, 0.6) is 0 Å². The van der Waals surface area contributed by atoms with Crippen molar-refractivity contribution in [2.45, 2.75) is 77.6 Å². The third kappa shape index (κ3) is 18.4. The Morgan fingerprint density at radius 3 is 1.96 bits per heavy atom. The second-order valence-corrected chi connectivity index (χ2v) is 5.58. The van der Waals surface area contributed by atoms with E-state index in [1.165, 1.54) is 32.1 Å². The third-order valence-electron chi connectivity index (χ3n) is 3.49. The minimum absolute atomic E-state index is 0.278. The molecule has 134 valence electrons. The summed E-state index contributed by atoms with van der Waals surface area (Å²) in [6, 6.07) is 0. The van der Waals surface area contributed by atoms with Crippen LogP contribution in [-0.2, 0) is 14.3 Å². The number of carbonyl (C=O) groups excluding carboxylic acids is 1. The van der Waals surface area contributed by atoms with E-state index in [9.17, 15) is 9.59 Å². The number of hydrogen-bond acceptors (Lipinski definition) is 4. The summed E-state index contributed by atoms with van der Waals surface area (Å²) in [4.78, 5) is 21.2. The standard InChI is InChI=1S/C18H32O5/c1-2-22-18(21)23-16-14-12-10-8-6-4-3-5-7-9-11-13-15-17(19)20/h12,14H,2-11,13,15-16H2,1H3,(H,19,20)/b14-12+. The lowest BCUT2D eigenvalue weighted by molar-refractivity contribution is -0.137. The van der Waals surface area contributed by atoms with Gasteiger partial charge in [-0.3, -0.25) is 4.79 Å². The molecule has 0 spiro atoms. The van der Waals surface area contributed by atoms with Gasteiger partial charge < -0.3 is 14.6 Å². The Morgan fingerprint density at radius 2 is 1.39 bits per heavy atom. The van der Waals surface area contributed by atoms with Gasteiger partial charge in [-0.1, -0.05) is 57.1 Å². The second-order valence-electron chi connectivity index (χ2n) is 5.58. The molecule has 0 aliphatic rings. The number of aliphatic carboxylic acids is 1. The highest BCUT2D eigenvalue weighted by atomic mass is 16.7. The summed E-state index contributed by atoms with van der Waals surface area (Å²) in [5.41, 5.74) is 0. The van der Waals surface area contributed by atoms with Gasteiger partial charge in [0.2, 0.25) is 0 Å². The molecule has 23 heavy (non-hydrogen) atoms. The first-order chi connectivity index (χ1) is 11.2. The van der Waals surface area contributed by atoms with E-state index < -0.39 is 12.1 Å². The maximum Gasteiger partial charge on any atom is 0.508 e. The van der Waals surface area contributed by atoms with Crippen molar-refractivity contribution in [2.75, 3.05) is 13.2 Å². The number of carboxylic acid groups (broad SMARTS) is 1. The Morgan fingerprint density at radius 1 is 0.826 bits per heavy atom. The van der Waals surface area contributed by atoms with Crippen LogP contribution in [0.4, 0.5) is 4.79 Å². The van der Waals surface area contributed by atoms with E-state index in [2.05, 4.69) is 4.74 Å². The van der Waals surface area contributed by atoms with Crippen molar-refractivity contribution in [1.29, 1.82) is 0 Å². The molecule has 0 aliphatic heterocycles. The molecule has 0 aliphatic carbocycles. The number of allylic oxidation sites excluding steroid dienone is 1. The summed E-state index contributed by atoms with van der Waals surface area (Å²) in [7, 11) is 0. The molecular weight excluding hydrogens is 296 g/mol. The lowest BCUT2D eigenvalue weighted by atomic mass is 10.1. The topological polar surface area (TPSA) is 72.8 Å². The summed E-state index contributed by atoms with van der Waals surface area (Å²) >= 11 is 0. The normalized spacial score (nSPS) is 10.8. The molecule has 0 unspecified atom stereocenters. The molecule has 5 heteroatoms. The molecule has 0 heterocycles. The smallest absolute Gasteiger partial charge is 0.481 e. The van der Waals surface area contributed by atoms with Gasteiger partial charge in [-0.25, -0.2) is 4.79 Å². The Bertz CT molecular complexity index is 325. The molecule has 0 aromatic rings. The quantitative estimate of drug-likeness (QED) is 0.257. The number of unbranched alkanes of at least 4 members (excludes halogenated alkanes) is 9. The van der Waals surface area contributed by atoms with Crippen LogP contribution in [0.25, 0.3) is 0 Å². The van der Waals surface area contributed by atoms with Gasteiger partial charge in [-0.15, -0.1) is 0 Å². The molecule has 5 nitrogen and oxygen atoms in total. The van der Waals surface area contributed by atoms with Gasteiger partial charge in [0.1, 0.15) is 6.61 Å². The van der Waals surface area contributed by atoms with Crippen molar-refractivity contribution in [3.8, 4) is 0 Å². The first-order valence-electron chi connectivity index (χ1n) is 8.83. The van der Waals surface area contributed by atoms with Gasteiger partial charge in [0.05, 0.1) is 6.61 Å². The van der Waals surface area contributed by atoms with E-state index in [0.29, 0.717) is 13.0 Å². The first kappa shape index (κ1) is 21.5. The van der Waals surface area contributed by atoms with Gasteiger partial charge in [-0.05, 0) is 26.2 Å². The van der Waals surface area contributed by atoms with Gasteiger partial charge >= 0.3 is 12.1 Å². The monoisotopic (exact) mass is 328 g/mol. The van der Waals surface area contributed by atoms with Crippen molar-refractivity contribution >= 4 is 12.1 Å². The number of hydrogen-bond donors (Lipinski definition) is 1. The predicted octanol–water partition coefficient (Wildman–Crippen LogP) is 5.09. The number of ether oxygens (including phenoxy) is 2. The fourth-order valence-corrected chi connectivity index (χ4v) is 2.24. The minimum atomic E-state index is -0.688. The van der Waals surface area contributed by atoms with Crippen LogP contribution in [0.1, 0.15) is 77.6 Å². The maximum atomic E-state index is 10.9. The largest absolute Gasteiger partial charge is 0.508 e. The molecule has 0 radical (unpaired) electrons. The molecule has 0 saturated heterocycles. The lowest BCUT2D eigenvalue weighted by Gasteiger charge is -2.02. The predicted molar refractivity (Wildman–Crippen MR) is 90.5 cm³/mol. The van der Waals surface area contributed by atoms with Crippen LogP contribution in [0, 0.1) is 0 Å². The van der Waals surface area contributed by atoms with Crippen LogP contribution in [0.15, 0.2) is 12.2 Å². The minimum Gasteiger partial charge on any atom is -0.481 e. The molecule has 0 aromatic heterocycles. The van der Waals surface area contributed by atoms with Crippen molar-refractivity contribution in [1.82, 2.24) is 0 Å². The highest BCUT2D eigenvalue weighted by molar-refractivity contribution is 5.66. The van der Waals surface area contributed by atoms with Crippen molar-refractivity contribution in [2.24, 2.45) is 0 Å². The number of carboxylic acids is 1. The zero-order chi connectivity index (χ0) is 17.2. The third-order valence-corrected chi connectivity index (χ3v) is 3.49. The van der Waals surface area contributed by atoms with Crippen LogP contribution in [0.3, 0.4) is 0 Å². The number of carbonyl (C=O) groups is 2. The fourth-order valence-electron chi connectivity index (χ4n) is 2.24. The SMILES string of the molecule is CCOC(=O)OC/C=C/CCCCCCCCCCCC(=O)O. The molecule has 0 bridgehead atoms. The Balaban J connectivity index is 3.15. The molecule has 0 amide bonds. The number of rotatable bonds is 15. The van der Waals surface area contributed by atoms with Gasteiger partial charge in [0.15, 0.2) is 0 Å². The zero-order valence-corrected chi connectivity index (χ0v) is 14.4. The van der Waals surface area contributed by atoms with Gasteiger partial charge in [0.25, 0.3) is 0 Å². The zero-order valence-electron chi connectivity index (χ0n) is 14.4. The summed E-state index contributed by atoms with van der Waals surface area (Å²) < 4.78 is 9.46. The molecule has 0 atom stereocenters. The van der Waals surface area contributed by atoms with Crippen LogP contribution in [-0.4, -0.2) is 30.4 Å². The molecule has 0 fully saturated rings. The van der Waals surface area contributed by atoms with E-state index in [0.717, 1.165) is 32.1 Å². The van der Waals surface area contributed by atoms with E-state index in [1.807, 2.05) is 12.2 Å². The van der Waals surface area contributed by atoms with Crippen molar-refractivity contribution < 1.29 is 24.2 Å². The fraction of sp³-hybridized carbons (Fsp3) is 0.778. The van der Waals surface area contributed by atoms with E-state index in [4.69, 9.17) is 9.84 Å². The Kier molecular flexibility index (Phi) is 15.7. The van der Waals surface area contributed by atoms with Crippen LogP contribution >= 0.6 is 0 Å². The summed E-state index contributed by atoms with van der Waals surface area (Å²) in [5.74, 6) is -0.688. The highest BCUT2D eigenvalue weighted by Gasteiger charge is 1.98.